The number of pyridine rings is 1. The van der Waals surface area contributed by atoms with Crippen LogP contribution in [0.4, 0.5) is 17.1 Å². The maximum Gasteiger partial charge on any atom is 0.248 e. The molecule has 1 aliphatic carbocycles. The molecule has 37 heavy (non-hydrogen) atoms. The van der Waals surface area contributed by atoms with Crippen molar-refractivity contribution >= 4 is 39.9 Å². The third kappa shape index (κ3) is 4.68. The number of benzene rings is 3. The molecule has 1 aliphatic heterocycles. The topological polar surface area (TPSA) is 81.7 Å². The molecule has 0 unspecified atom stereocenters. The molecule has 0 saturated carbocycles. The molecule has 7 heteroatoms. The lowest BCUT2D eigenvalue weighted by molar-refractivity contribution is -0.111. The number of amides is 1. The van der Waals surface area contributed by atoms with E-state index in [1.807, 2.05) is 60.7 Å². The molecular weight excluding hydrogens is 466 g/mol. The second-order valence-corrected chi connectivity index (χ2v) is 9.11. The SMILES string of the molecule is COc1ccccc1Nc1c2c(nc3ccc(NC(=O)C=Cc4ccc5c(c4)OCO5)cc13)CCCC2. The van der Waals surface area contributed by atoms with Crippen molar-refractivity contribution < 1.29 is 19.0 Å². The molecule has 4 aromatic rings. The van der Waals surface area contributed by atoms with E-state index in [-0.39, 0.29) is 12.7 Å². The predicted molar refractivity (Wildman–Crippen MR) is 145 cm³/mol. The predicted octanol–water partition coefficient (Wildman–Crippen LogP) is 6.25. The van der Waals surface area contributed by atoms with Gasteiger partial charge in [0.2, 0.25) is 12.7 Å². The Kier molecular flexibility index (Phi) is 6.10. The Morgan fingerprint density at radius 3 is 2.78 bits per heavy atom. The van der Waals surface area contributed by atoms with E-state index in [4.69, 9.17) is 19.2 Å². The van der Waals surface area contributed by atoms with Crippen LogP contribution < -0.4 is 24.8 Å². The third-order valence-electron chi connectivity index (χ3n) is 6.72. The first kappa shape index (κ1) is 22.9. The number of methoxy groups -OCH3 is 1. The van der Waals surface area contributed by atoms with Crippen molar-refractivity contribution in [2.24, 2.45) is 0 Å². The smallest absolute Gasteiger partial charge is 0.248 e. The molecule has 2 aliphatic rings. The van der Waals surface area contributed by atoms with Crippen LogP contribution in [0.2, 0.25) is 0 Å². The molecule has 2 heterocycles. The van der Waals surface area contributed by atoms with Crippen LogP contribution in [-0.4, -0.2) is 24.8 Å². The van der Waals surface area contributed by atoms with Crippen LogP contribution in [0.25, 0.3) is 17.0 Å². The van der Waals surface area contributed by atoms with Crippen LogP contribution >= 0.6 is 0 Å². The molecule has 0 bridgehead atoms. The zero-order chi connectivity index (χ0) is 25.2. The first-order valence-corrected chi connectivity index (χ1v) is 12.4. The Labute approximate surface area is 215 Å². The number of aromatic nitrogens is 1. The van der Waals surface area contributed by atoms with Gasteiger partial charge in [0.25, 0.3) is 0 Å². The minimum Gasteiger partial charge on any atom is -0.495 e. The van der Waals surface area contributed by atoms with Gasteiger partial charge in [0.05, 0.1) is 24.0 Å². The second kappa shape index (κ2) is 9.85. The lowest BCUT2D eigenvalue weighted by Gasteiger charge is -2.22. The highest BCUT2D eigenvalue weighted by Gasteiger charge is 2.20. The van der Waals surface area contributed by atoms with Crippen LogP contribution in [0.5, 0.6) is 17.2 Å². The second-order valence-electron chi connectivity index (χ2n) is 9.11. The van der Waals surface area contributed by atoms with Gasteiger partial charge in [0.15, 0.2) is 11.5 Å². The van der Waals surface area contributed by atoms with Crippen molar-refractivity contribution in [3.63, 3.8) is 0 Å². The summed E-state index contributed by atoms with van der Waals surface area (Å²) in [7, 11) is 1.67. The summed E-state index contributed by atoms with van der Waals surface area (Å²) < 4.78 is 16.3. The van der Waals surface area contributed by atoms with Crippen molar-refractivity contribution in [1.82, 2.24) is 4.98 Å². The van der Waals surface area contributed by atoms with Gasteiger partial charge < -0.3 is 24.8 Å². The summed E-state index contributed by atoms with van der Waals surface area (Å²) in [5, 5.41) is 7.58. The van der Waals surface area contributed by atoms with Crippen molar-refractivity contribution in [2.45, 2.75) is 25.7 Å². The van der Waals surface area contributed by atoms with Gasteiger partial charge >= 0.3 is 0 Å². The maximum atomic E-state index is 12.7. The van der Waals surface area contributed by atoms with E-state index in [1.54, 1.807) is 13.2 Å². The molecule has 0 radical (unpaired) electrons. The highest BCUT2D eigenvalue weighted by Crippen LogP contribution is 2.38. The lowest BCUT2D eigenvalue weighted by atomic mass is 9.92. The molecule has 6 rings (SSSR count). The van der Waals surface area contributed by atoms with Crippen LogP contribution in [0.3, 0.4) is 0 Å². The van der Waals surface area contributed by atoms with Gasteiger partial charge in [-0.25, -0.2) is 0 Å². The molecule has 2 N–H and O–H groups in total. The fourth-order valence-corrected chi connectivity index (χ4v) is 4.90. The summed E-state index contributed by atoms with van der Waals surface area (Å²) in [6.45, 7) is 0.219. The minimum absolute atomic E-state index is 0.219. The van der Waals surface area contributed by atoms with Gasteiger partial charge in [-0.05, 0) is 85.4 Å². The first-order chi connectivity index (χ1) is 18.2. The molecule has 0 spiro atoms. The van der Waals surface area contributed by atoms with Crippen molar-refractivity contribution in [3.8, 4) is 17.2 Å². The normalized spacial score (nSPS) is 14.0. The number of hydrogen-bond acceptors (Lipinski definition) is 6. The fraction of sp³-hybridized carbons (Fsp3) is 0.200. The third-order valence-corrected chi connectivity index (χ3v) is 6.72. The van der Waals surface area contributed by atoms with Crippen molar-refractivity contribution in [1.29, 1.82) is 0 Å². The summed E-state index contributed by atoms with van der Waals surface area (Å²) in [6.07, 6.45) is 7.47. The fourth-order valence-electron chi connectivity index (χ4n) is 4.90. The number of hydrogen-bond donors (Lipinski definition) is 2. The van der Waals surface area contributed by atoms with Crippen LogP contribution in [0, 0.1) is 0 Å². The van der Waals surface area contributed by atoms with E-state index in [2.05, 4.69) is 10.6 Å². The van der Waals surface area contributed by atoms with E-state index >= 15 is 0 Å². The van der Waals surface area contributed by atoms with E-state index in [1.165, 1.54) is 11.6 Å². The van der Waals surface area contributed by atoms with E-state index in [9.17, 15) is 4.79 Å². The average Bonchev–Trinajstić information content (AvgIpc) is 3.40. The monoisotopic (exact) mass is 493 g/mol. The number of carbonyl (C=O) groups excluding carboxylic acids is 1. The average molecular weight is 494 g/mol. The van der Waals surface area contributed by atoms with Crippen molar-refractivity contribution in [3.05, 3.63) is 83.6 Å². The molecule has 1 amide bonds. The van der Waals surface area contributed by atoms with Crippen molar-refractivity contribution in [2.75, 3.05) is 24.5 Å². The summed E-state index contributed by atoms with van der Waals surface area (Å²) in [5.74, 6) is 1.95. The largest absolute Gasteiger partial charge is 0.495 e. The van der Waals surface area contributed by atoms with Gasteiger partial charge in [-0.1, -0.05) is 18.2 Å². The molecular formula is C30H27N3O4. The van der Waals surface area contributed by atoms with E-state index in [0.717, 1.165) is 65.0 Å². The minimum atomic E-state index is -0.220. The summed E-state index contributed by atoms with van der Waals surface area (Å²) >= 11 is 0. The molecule has 0 saturated heterocycles. The first-order valence-electron chi connectivity index (χ1n) is 12.4. The van der Waals surface area contributed by atoms with Gasteiger partial charge in [-0.15, -0.1) is 0 Å². The maximum absolute atomic E-state index is 12.7. The van der Waals surface area contributed by atoms with E-state index < -0.39 is 0 Å². The van der Waals surface area contributed by atoms with Gasteiger partial charge in [0, 0.05) is 22.8 Å². The lowest BCUT2D eigenvalue weighted by Crippen LogP contribution is -2.11. The Morgan fingerprint density at radius 2 is 1.86 bits per heavy atom. The number of carbonyl (C=O) groups is 1. The number of nitrogens with one attached hydrogen (secondary N) is 2. The molecule has 186 valence electrons. The van der Waals surface area contributed by atoms with Crippen LogP contribution in [0.1, 0.15) is 29.7 Å². The molecule has 3 aromatic carbocycles. The van der Waals surface area contributed by atoms with Gasteiger partial charge in [0.1, 0.15) is 5.75 Å². The number of para-hydroxylation sites is 2. The standard InChI is InChI=1S/C30H27N3O4/c1-35-26-9-5-4-8-25(26)33-30-21-6-2-3-7-23(21)32-24-13-12-20(17-22(24)30)31-29(34)15-11-19-10-14-27-28(16-19)37-18-36-27/h4-5,8-17H,2-3,6-7,18H2,1H3,(H,31,34)(H,32,33). The summed E-state index contributed by atoms with van der Waals surface area (Å²) in [4.78, 5) is 17.7. The Bertz CT molecular complexity index is 1530. The number of nitrogens with zero attached hydrogens (tertiary/aromatic N) is 1. The number of aryl methyl sites for hydroxylation is 1. The molecule has 7 nitrogen and oxygen atoms in total. The van der Waals surface area contributed by atoms with Crippen LogP contribution in [0.15, 0.2) is 66.7 Å². The quantitative estimate of drug-likeness (QED) is 0.309. The molecule has 0 fully saturated rings. The molecule has 1 aromatic heterocycles. The Balaban J connectivity index is 1.31. The Morgan fingerprint density at radius 1 is 1.00 bits per heavy atom. The zero-order valence-corrected chi connectivity index (χ0v) is 20.5. The summed E-state index contributed by atoms with van der Waals surface area (Å²) in [6, 6.07) is 19.3. The number of anilines is 3. The number of rotatable bonds is 6. The number of ether oxygens (including phenoxy) is 3. The zero-order valence-electron chi connectivity index (χ0n) is 20.5. The molecule has 0 atom stereocenters. The highest BCUT2D eigenvalue weighted by atomic mass is 16.7. The highest BCUT2D eigenvalue weighted by molar-refractivity contribution is 6.04. The van der Waals surface area contributed by atoms with E-state index in [0.29, 0.717) is 17.2 Å². The summed E-state index contributed by atoms with van der Waals surface area (Å²) in [5.41, 5.74) is 6.75. The van der Waals surface area contributed by atoms with Gasteiger partial charge in [-0.2, -0.15) is 0 Å². The van der Waals surface area contributed by atoms with Gasteiger partial charge in [-0.3, -0.25) is 9.78 Å². The number of fused-ring (bicyclic) bond motifs is 3. The Hall–Kier alpha value is -4.52. The van der Waals surface area contributed by atoms with Crippen LogP contribution in [-0.2, 0) is 17.6 Å².